The molecule has 4 aliphatic heterocycles. The minimum Gasteiger partial charge on any atom is -0.550 e. The molecule has 8 rings (SSSR count). The van der Waals surface area contributed by atoms with E-state index in [0.29, 0.717) is 77.7 Å². The predicted molar refractivity (Wildman–Crippen MR) is 236 cm³/mol. The smallest absolute Gasteiger partial charge is 0.318 e. The lowest BCUT2D eigenvalue weighted by Gasteiger charge is -2.40. The van der Waals surface area contributed by atoms with Crippen molar-refractivity contribution in [3.63, 3.8) is 0 Å². The van der Waals surface area contributed by atoms with Crippen molar-refractivity contribution in [3.8, 4) is 0 Å². The van der Waals surface area contributed by atoms with E-state index in [0.717, 1.165) is 52.7 Å². The standard InChI is InChI=1S/C45H57N11O6.H3N/c1-29-22-32(24-33-28-48-51-42(29)33)26-37(50-45(62)55-16-9-35(10-17-55)56-30(2)23-36-39(56)4-3-11-47-36)43(60)49-38(25-31-7-14-53(15-8-31)40(57)27-41(58)59)44(61)54-20-18-52(19-21-54)34-5-12-46-13-6-34;/h3-6,11-13,22,24,28,30-31,35,37-38H,7-10,14-21,23,25-27H2,1-2H3,(H,48,51)(H,49,60)(H,50,62)(H,58,59);1H3/t30?,37-,38+;/m1./s1. The fourth-order valence-corrected chi connectivity index (χ4v) is 9.90. The van der Waals surface area contributed by atoms with E-state index < -0.39 is 36.3 Å². The molecule has 1 aromatic carbocycles. The molecule has 3 saturated heterocycles. The van der Waals surface area contributed by atoms with Crippen LogP contribution in [0.15, 0.2) is 61.2 Å². The second-order valence-corrected chi connectivity index (χ2v) is 17.3. The molecule has 3 atom stereocenters. The van der Waals surface area contributed by atoms with E-state index in [2.05, 4.69) is 53.6 Å². The summed E-state index contributed by atoms with van der Waals surface area (Å²) in [6.45, 7) is 8.09. The van der Waals surface area contributed by atoms with Gasteiger partial charge in [-0.05, 0) is 93.3 Å². The largest absolute Gasteiger partial charge is 0.550 e. The van der Waals surface area contributed by atoms with Crippen LogP contribution >= 0.6 is 0 Å². The molecule has 18 heteroatoms. The molecule has 1 unspecified atom stereocenters. The quantitative estimate of drug-likeness (QED) is 0.151. The molecule has 7 heterocycles. The maximum absolute atomic E-state index is 14.7. The summed E-state index contributed by atoms with van der Waals surface area (Å²) >= 11 is 0. The van der Waals surface area contributed by atoms with Gasteiger partial charge in [-0.15, -0.1) is 0 Å². The van der Waals surface area contributed by atoms with Crippen molar-refractivity contribution in [1.29, 1.82) is 0 Å². The van der Waals surface area contributed by atoms with Crippen LogP contribution in [0.25, 0.3) is 10.9 Å². The van der Waals surface area contributed by atoms with Crippen LogP contribution in [0, 0.1) is 12.8 Å². The van der Waals surface area contributed by atoms with Crippen LogP contribution in [0.3, 0.4) is 0 Å². The van der Waals surface area contributed by atoms with Gasteiger partial charge in [0.1, 0.15) is 12.1 Å². The van der Waals surface area contributed by atoms with Gasteiger partial charge in [0.2, 0.25) is 17.7 Å². The van der Waals surface area contributed by atoms with Gasteiger partial charge in [0.05, 0.1) is 35.5 Å². The van der Waals surface area contributed by atoms with Gasteiger partial charge in [-0.2, -0.15) is 5.10 Å². The summed E-state index contributed by atoms with van der Waals surface area (Å²) in [5.74, 6) is -2.57. The number of nitrogens with one attached hydrogen (secondary N) is 3. The van der Waals surface area contributed by atoms with Crippen molar-refractivity contribution in [3.05, 3.63) is 78.0 Å². The second kappa shape index (κ2) is 19.8. The number of aromatic amines is 1. The number of piperazine rings is 1. The number of aryl methyl sites for hydroxylation is 1. The van der Waals surface area contributed by atoms with Crippen LogP contribution < -0.4 is 31.7 Å². The topological polar surface area (TPSA) is 240 Å². The normalized spacial score (nSPS) is 19.3. The Bertz CT molecular complexity index is 2250. The third-order valence-corrected chi connectivity index (χ3v) is 13.2. The third kappa shape index (κ3) is 10.3. The van der Waals surface area contributed by atoms with Crippen LogP contribution in [-0.4, -0.2) is 141 Å². The van der Waals surface area contributed by atoms with Gasteiger partial charge < -0.3 is 51.2 Å². The number of carbonyl (C=O) groups excluding carboxylic acids is 5. The third-order valence-electron chi connectivity index (χ3n) is 13.2. The number of carbonyl (C=O) groups is 5. The molecule has 63 heavy (non-hydrogen) atoms. The first kappa shape index (κ1) is 44.7. The molecule has 5 amide bonds. The summed E-state index contributed by atoms with van der Waals surface area (Å²) in [6.07, 6.45) is 10.5. The van der Waals surface area contributed by atoms with Crippen molar-refractivity contribution < 1.29 is 29.1 Å². The molecule has 0 spiro atoms. The fourth-order valence-electron chi connectivity index (χ4n) is 9.90. The average molecular weight is 865 g/mol. The SMILES string of the molecule is Cc1cc(C[C@@H](NC(=O)N2CCC(N3c4cccnc4CC3C)CC2)C(=O)N[C@@H](CC2CCN(C(=O)CC(=O)[O-])CC2)C(=O)N2CCN(c3ccncc3)CC2)cc2cn[nH]c12.[NH4+]. The number of nitrogens with zero attached hydrogens (tertiary/aromatic N) is 8. The Balaban J connectivity index is 0.00000595. The Labute approximate surface area is 367 Å². The number of amides is 5. The zero-order valence-corrected chi connectivity index (χ0v) is 36.5. The van der Waals surface area contributed by atoms with E-state index in [1.165, 1.54) is 10.6 Å². The number of rotatable bonds is 12. The van der Waals surface area contributed by atoms with Crippen LogP contribution in [0.4, 0.5) is 16.2 Å². The Hall–Kier alpha value is -6.30. The van der Waals surface area contributed by atoms with E-state index >= 15 is 0 Å². The predicted octanol–water partition coefficient (Wildman–Crippen LogP) is 2.18. The van der Waals surface area contributed by atoms with Crippen molar-refractivity contribution in [2.24, 2.45) is 5.92 Å². The summed E-state index contributed by atoms with van der Waals surface area (Å²) in [7, 11) is 0. The lowest BCUT2D eigenvalue weighted by atomic mass is 9.89. The Kier molecular flexibility index (Phi) is 14.1. The fraction of sp³-hybridized carbons (Fsp3) is 0.511. The van der Waals surface area contributed by atoms with Crippen molar-refractivity contribution >= 4 is 52.0 Å². The number of urea groups is 1. The molecule has 336 valence electrons. The lowest BCUT2D eigenvalue weighted by Crippen LogP contribution is -2.59. The molecule has 4 aromatic rings. The number of piperidine rings is 2. The lowest BCUT2D eigenvalue weighted by molar-refractivity contribution is -0.304. The van der Waals surface area contributed by atoms with E-state index in [1.807, 2.05) is 43.5 Å². The Morgan fingerprint density at radius 2 is 1.57 bits per heavy atom. The first-order valence-corrected chi connectivity index (χ1v) is 21.9. The van der Waals surface area contributed by atoms with Gasteiger partial charge >= 0.3 is 6.03 Å². The molecule has 3 aromatic heterocycles. The van der Waals surface area contributed by atoms with E-state index in [-0.39, 0.29) is 36.5 Å². The zero-order chi connectivity index (χ0) is 43.3. The number of carboxylic acid groups (broad SMARTS) is 1. The minimum absolute atomic E-state index is 0. The molecule has 4 aliphatic rings. The summed E-state index contributed by atoms with van der Waals surface area (Å²) < 4.78 is 0. The van der Waals surface area contributed by atoms with Crippen LogP contribution in [-0.2, 0) is 32.0 Å². The number of carboxylic acids is 1. The van der Waals surface area contributed by atoms with E-state index in [4.69, 9.17) is 0 Å². The highest BCUT2D eigenvalue weighted by Crippen LogP contribution is 2.35. The number of anilines is 2. The van der Waals surface area contributed by atoms with Gasteiger partial charge in [0.25, 0.3) is 0 Å². The number of aromatic nitrogens is 4. The summed E-state index contributed by atoms with van der Waals surface area (Å²) in [5, 5.41) is 25.4. The van der Waals surface area contributed by atoms with Gasteiger partial charge in [0, 0.05) is 107 Å². The number of benzene rings is 1. The number of H-pyrrole nitrogens is 1. The zero-order valence-electron chi connectivity index (χ0n) is 36.5. The van der Waals surface area contributed by atoms with Gasteiger partial charge in [0.15, 0.2) is 0 Å². The number of quaternary nitrogens is 1. The van der Waals surface area contributed by atoms with Crippen LogP contribution in [0.1, 0.15) is 62.3 Å². The molecular weight excluding hydrogens is 805 g/mol. The summed E-state index contributed by atoms with van der Waals surface area (Å²) in [6, 6.07) is 10.3. The molecule has 0 saturated carbocycles. The maximum Gasteiger partial charge on any atom is 0.318 e. The van der Waals surface area contributed by atoms with Crippen LogP contribution in [0.2, 0.25) is 0 Å². The molecule has 0 radical (unpaired) electrons. The first-order chi connectivity index (χ1) is 30.0. The Morgan fingerprint density at radius 1 is 0.857 bits per heavy atom. The summed E-state index contributed by atoms with van der Waals surface area (Å²) in [4.78, 5) is 85.5. The molecular formula is C45H60N12O6. The monoisotopic (exact) mass is 864 g/mol. The van der Waals surface area contributed by atoms with Crippen molar-refractivity contribution in [1.82, 2.24) is 51.6 Å². The van der Waals surface area contributed by atoms with Gasteiger partial charge in [-0.25, -0.2) is 4.79 Å². The van der Waals surface area contributed by atoms with Crippen LogP contribution in [0.5, 0.6) is 0 Å². The van der Waals surface area contributed by atoms with Crippen molar-refractivity contribution in [2.45, 2.75) is 89.4 Å². The van der Waals surface area contributed by atoms with Gasteiger partial charge in [-0.1, -0.05) is 6.07 Å². The molecule has 7 N–H and O–H groups in total. The molecule has 0 bridgehead atoms. The number of hydrogen-bond donors (Lipinski definition) is 4. The number of aliphatic carboxylic acids is 1. The first-order valence-electron chi connectivity index (χ1n) is 21.9. The second-order valence-electron chi connectivity index (χ2n) is 17.3. The molecule has 0 aliphatic carbocycles. The summed E-state index contributed by atoms with van der Waals surface area (Å²) in [5.41, 5.74) is 6.00. The highest BCUT2D eigenvalue weighted by Gasteiger charge is 2.38. The maximum atomic E-state index is 14.7. The number of hydrogen-bond acceptors (Lipinski definition) is 11. The van der Waals surface area contributed by atoms with E-state index in [1.54, 1.807) is 28.4 Å². The molecule has 3 fully saturated rings. The van der Waals surface area contributed by atoms with E-state index in [9.17, 15) is 29.1 Å². The average Bonchev–Trinajstić information content (AvgIpc) is 3.90. The number of pyridine rings is 2. The van der Waals surface area contributed by atoms with Gasteiger partial charge in [-0.3, -0.25) is 29.5 Å². The highest BCUT2D eigenvalue weighted by molar-refractivity contribution is 5.93. The number of fused-ring (bicyclic) bond motifs is 2. The number of likely N-dealkylation sites (tertiary alicyclic amines) is 2. The van der Waals surface area contributed by atoms with Crippen molar-refractivity contribution in [2.75, 3.05) is 62.2 Å². The molecule has 18 nitrogen and oxygen atoms in total. The highest BCUT2D eigenvalue weighted by atomic mass is 16.4. The minimum atomic E-state index is -1.42. The Morgan fingerprint density at radius 3 is 2.29 bits per heavy atom.